The summed E-state index contributed by atoms with van der Waals surface area (Å²) < 4.78 is 6.22. The smallest absolute Gasteiger partial charge is 0.272 e. The minimum absolute atomic E-state index is 0.150. The fraction of sp³-hybridized carbons (Fsp3) is 0.167. The highest BCUT2D eigenvalue weighted by Crippen LogP contribution is 2.27. The molecule has 0 bridgehead atoms. The van der Waals surface area contributed by atoms with Gasteiger partial charge in [-0.1, -0.05) is 15.9 Å². The Balaban J connectivity index is 1.95. The number of amides is 1. The number of aromatic nitrogens is 1. The lowest BCUT2D eigenvalue weighted by atomic mass is 10.1. The summed E-state index contributed by atoms with van der Waals surface area (Å²) in [5.74, 6) is 0.609. The second-order valence-electron chi connectivity index (χ2n) is 5.45. The summed E-state index contributed by atoms with van der Waals surface area (Å²) in [6, 6.07) is 11.5. The van der Waals surface area contributed by atoms with Crippen molar-refractivity contribution in [2.75, 3.05) is 12.4 Å². The number of ether oxygens (including phenoxy) is 1. The van der Waals surface area contributed by atoms with Crippen molar-refractivity contribution in [2.24, 2.45) is 0 Å². The number of hydrogen-bond acceptors (Lipinski definition) is 2. The van der Waals surface area contributed by atoms with E-state index in [1.165, 1.54) is 0 Å². The molecule has 0 spiro atoms. The largest absolute Gasteiger partial charge is 0.497 e. The zero-order valence-corrected chi connectivity index (χ0v) is 14.7. The summed E-state index contributed by atoms with van der Waals surface area (Å²) in [5.41, 5.74) is 4.18. The maximum atomic E-state index is 12.6. The average Bonchev–Trinajstić information content (AvgIpc) is 2.86. The molecule has 4 nitrogen and oxygen atoms in total. The number of aryl methyl sites for hydroxylation is 2. The zero-order chi connectivity index (χ0) is 16.6. The highest BCUT2D eigenvalue weighted by molar-refractivity contribution is 9.10. The molecule has 0 aliphatic heterocycles. The van der Waals surface area contributed by atoms with E-state index in [0.29, 0.717) is 5.69 Å². The van der Waals surface area contributed by atoms with Gasteiger partial charge in [-0.2, -0.15) is 0 Å². The summed E-state index contributed by atoms with van der Waals surface area (Å²) in [4.78, 5) is 15.8. The van der Waals surface area contributed by atoms with Crippen molar-refractivity contribution < 1.29 is 9.53 Å². The first-order valence-corrected chi connectivity index (χ1v) is 8.02. The van der Waals surface area contributed by atoms with E-state index in [-0.39, 0.29) is 5.91 Å². The summed E-state index contributed by atoms with van der Waals surface area (Å²) in [6.45, 7) is 3.90. The van der Waals surface area contributed by atoms with Crippen molar-refractivity contribution in [3.05, 3.63) is 57.7 Å². The molecule has 3 aromatic rings. The van der Waals surface area contributed by atoms with Crippen molar-refractivity contribution >= 4 is 38.4 Å². The normalized spacial score (nSPS) is 10.8. The molecule has 0 saturated carbocycles. The van der Waals surface area contributed by atoms with Gasteiger partial charge in [-0.05, 0) is 55.3 Å². The number of benzene rings is 2. The zero-order valence-electron chi connectivity index (χ0n) is 13.2. The Labute approximate surface area is 143 Å². The lowest BCUT2D eigenvalue weighted by Gasteiger charge is -2.08. The monoisotopic (exact) mass is 372 g/mol. The maximum absolute atomic E-state index is 12.6. The van der Waals surface area contributed by atoms with Crippen LogP contribution in [0.4, 0.5) is 5.69 Å². The van der Waals surface area contributed by atoms with Gasteiger partial charge in [0.2, 0.25) is 0 Å². The van der Waals surface area contributed by atoms with E-state index in [2.05, 4.69) is 26.2 Å². The Morgan fingerprint density at radius 1 is 1.17 bits per heavy atom. The van der Waals surface area contributed by atoms with Crippen molar-refractivity contribution in [3.63, 3.8) is 0 Å². The highest BCUT2D eigenvalue weighted by Gasteiger charge is 2.16. The third kappa shape index (κ3) is 2.97. The van der Waals surface area contributed by atoms with Crippen molar-refractivity contribution in [1.29, 1.82) is 0 Å². The molecule has 1 heterocycles. The van der Waals surface area contributed by atoms with Crippen LogP contribution in [0.3, 0.4) is 0 Å². The molecule has 0 radical (unpaired) electrons. The molecule has 3 rings (SSSR count). The maximum Gasteiger partial charge on any atom is 0.272 e. The van der Waals surface area contributed by atoms with Crippen LogP contribution in [0.1, 0.15) is 21.6 Å². The molecule has 5 heteroatoms. The standard InChI is InChI=1S/C18H17BrN2O2/c1-10-8-12(19)4-7-15(10)21-18(22)17-11(2)14-6-5-13(23-3)9-16(14)20-17/h4-9,20H,1-3H3,(H,21,22). The van der Waals surface area contributed by atoms with Gasteiger partial charge in [0.25, 0.3) is 5.91 Å². The molecule has 0 aliphatic carbocycles. The number of carbonyl (C=O) groups is 1. The van der Waals surface area contributed by atoms with Gasteiger partial charge in [0.1, 0.15) is 11.4 Å². The summed E-state index contributed by atoms with van der Waals surface area (Å²) in [7, 11) is 1.63. The first-order chi connectivity index (χ1) is 11.0. The Bertz CT molecular complexity index is 899. The number of methoxy groups -OCH3 is 1. The van der Waals surface area contributed by atoms with Gasteiger partial charge in [-0.25, -0.2) is 0 Å². The predicted octanol–water partition coefficient (Wildman–Crippen LogP) is 4.81. The molecule has 0 unspecified atom stereocenters. The first-order valence-electron chi connectivity index (χ1n) is 7.23. The van der Waals surface area contributed by atoms with E-state index < -0.39 is 0 Å². The van der Waals surface area contributed by atoms with Crippen LogP contribution < -0.4 is 10.1 Å². The molecule has 1 aromatic heterocycles. The number of hydrogen-bond donors (Lipinski definition) is 2. The van der Waals surface area contributed by atoms with E-state index in [1.54, 1.807) is 7.11 Å². The quantitative estimate of drug-likeness (QED) is 0.692. The predicted molar refractivity (Wildman–Crippen MR) is 96.4 cm³/mol. The summed E-state index contributed by atoms with van der Waals surface area (Å²) in [5, 5.41) is 3.98. The molecule has 1 amide bonds. The first kappa shape index (κ1) is 15.6. The molecule has 2 N–H and O–H groups in total. The van der Waals surface area contributed by atoms with E-state index in [4.69, 9.17) is 4.74 Å². The SMILES string of the molecule is COc1ccc2c(C)c(C(=O)Nc3ccc(Br)cc3C)[nH]c2c1. The Hall–Kier alpha value is -2.27. The topological polar surface area (TPSA) is 54.1 Å². The number of halogens is 1. The van der Waals surface area contributed by atoms with Crippen LogP contribution in [0.5, 0.6) is 5.75 Å². The van der Waals surface area contributed by atoms with Crippen molar-refractivity contribution in [1.82, 2.24) is 4.98 Å². The van der Waals surface area contributed by atoms with Gasteiger partial charge in [0.15, 0.2) is 0 Å². The van der Waals surface area contributed by atoms with E-state index >= 15 is 0 Å². The third-order valence-corrected chi connectivity index (χ3v) is 4.42. The Morgan fingerprint density at radius 2 is 1.96 bits per heavy atom. The number of carbonyl (C=O) groups excluding carboxylic acids is 1. The fourth-order valence-corrected chi connectivity index (χ4v) is 3.10. The Kier molecular flexibility index (Phi) is 4.13. The number of fused-ring (bicyclic) bond motifs is 1. The molecule has 0 saturated heterocycles. The molecule has 0 aliphatic rings. The van der Waals surface area contributed by atoms with Gasteiger partial charge >= 0.3 is 0 Å². The van der Waals surface area contributed by atoms with Crippen molar-refractivity contribution in [2.45, 2.75) is 13.8 Å². The minimum Gasteiger partial charge on any atom is -0.497 e. The van der Waals surface area contributed by atoms with Crippen LogP contribution in [0.2, 0.25) is 0 Å². The second kappa shape index (κ2) is 6.08. The number of rotatable bonds is 3. The lowest BCUT2D eigenvalue weighted by molar-refractivity contribution is 0.102. The van der Waals surface area contributed by atoms with Crippen LogP contribution in [0.25, 0.3) is 10.9 Å². The number of nitrogens with one attached hydrogen (secondary N) is 2. The molecule has 118 valence electrons. The van der Waals surface area contributed by atoms with Gasteiger partial charge in [-0.3, -0.25) is 4.79 Å². The fourth-order valence-electron chi connectivity index (χ4n) is 2.62. The lowest BCUT2D eigenvalue weighted by Crippen LogP contribution is -2.14. The molecule has 0 fully saturated rings. The molecular formula is C18H17BrN2O2. The van der Waals surface area contributed by atoms with Crippen molar-refractivity contribution in [3.8, 4) is 5.75 Å². The summed E-state index contributed by atoms with van der Waals surface area (Å²) >= 11 is 3.43. The Morgan fingerprint density at radius 3 is 2.65 bits per heavy atom. The van der Waals surface area contributed by atoms with E-state index in [0.717, 1.165) is 37.9 Å². The van der Waals surface area contributed by atoms with Gasteiger partial charge < -0.3 is 15.0 Å². The number of H-pyrrole nitrogens is 1. The molecule has 2 aromatic carbocycles. The van der Waals surface area contributed by atoms with Gasteiger partial charge in [0, 0.05) is 27.1 Å². The van der Waals surface area contributed by atoms with Gasteiger partial charge in [-0.15, -0.1) is 0 Å². The van der Waals surface area contributed by atoms with Crippen LogP contribution in [0.15, 0.2) is 40.9 Å². The third-order valence-electron chi connectivity index (χ3n) is 3.93. The van der Waals surface area contributed by atoms with Crippen LogP contribution >= 0.6 is 15.9 Å². The average molecular weight is 373 g/mol. The summed E-state index contributed by atoms with van der Waals surface area (Å²) in [6.07, 6.45) is 0. The molecule has 0 atom stereocenters. The van der Waals surface area contributed by atoms with E-state index in [1.807, 2.05) is 50.2 Å². The molecular weight excluding hydrogens is 356 g/mol. The molecule has 23 heavy (non-hydrogen) atoms. The number of aromatic amines is 1. The second-order valence-corrected chi connectivity index (χ2v) is 6.37. The van der Waals surface area contributed by atoms with Crippen LogP contribution in [-0.4, -0.2) is 18.0 Å². The minimum atomic E-state index is -0.150. The van der Waals surface area contributed by atoms with Crippen LogP contribution in [-0.2, 0) is 0 Å². The van der Waals surface area contributed by atoms with Gasteiger partial charge in [0.05, 0.1) is 7.11 Å². The highest BCUT2D eigenvalue weighted by atomic mass is 79.9. The number of anilines is 1. The van der Waals surface area contributed by atoms with Crippen LogP contribution in [0, 0.1) is 13.8 Å². The van der Waals surface area contributed by atoms with E-state index in [9.17, 15) is 4.79 Å².